The van der Waals surface area contributed by atoms with Crippen LogP contribution in [0, 0.1) is 0 Å². The highest BCUT2D eigenvalue weighted by atomic mass is 32.1. The number of hydrogen-bond acceptors (Lipinski definition) is 5. The number of morpholine rings is 1. The van der Waals surface area contributed by atoms with E-state index in [1.807, 2.05) is 24.3 Å². The van der Waals surface area contributed by atoms with Gasteiger partial charge in [0.05, 0.1) is 26.0 Å². The highest BCUT2D eigenvalue weighted by Gasteiger charge is 2.15. The van der Waals surface area contributed by atoms with Gasteiger partial charge in [-0.15, -0.1) is 0 Å². The molecule has 1 saturated heterocycles. The fourth-order valence-corrected chi connectivity index (χ4v) is 2.93. The fourth-order valence-electron chi connectivity index (χ4n) is 2.73. The summed E-state index contributed by atoms with van der Waals surface area (Å²) in [4.78, 5) is 14.5. The average molecular weight is 371 g/mol. The van der Waals surface area contributed by atoms with Crippen molar-refractivity contribution in [1.82, 2.24) is 5.32 Å². The van der Waals surface area contributed by atoms with Gasteiger partial charge in [-0.1, -0.05) is 18.2 Å². The first kappa shape index (κ1) is 18.2. The smallest absolute Gasteiger partial charge is 0.257 e. The standard InChI is InChI=1S/C19H21N3O3S/c1-24-17-8-7-15(22-9-11-25-12-10-22)13-16(17)20-19(26)21-18(23)14-5-3-2-4-6-14/h2-8,13H,9-12H2,1H3,(H2,20,21,23,26). The topological polar surface area (TPSA) is 62.8 Å². The van der Waals surface area contributed by atoms with Crippen LogP contribution in [0.5, 0.6) is 5.75 Å². The van der Waals surface area contributed by atoms with Crippen molar-refractivity contribution in [3.63, 3.8) is 0 Å². The Morgan fingerprint density at radius 3 is 2.58 bits per heavy atom. The van der Waals surface area contributed by atoms with E-state index in [9.17, 15) is 4.79 Å². The summed E-state index contributed by atoms with van der Waals surface area (Å²) < 4.78 is 10.8. The molecule has 1 aliphatic heterocycles. The molecule has 2 aromatic carbocycles. The van der Waals surface area contributed by atoms with Gasteiger partial charge in [0, 0.05) is 24.3 Å². The van der Waals surface area contributed by atoms with Gasteiger partial charge in [-0.05, 0) is 42.5 Å². The number of nitrogens with zero attached hydrogens (tertiary/aromatic N) is 1. The van der Waals surface area contributed by atoms with Crippen LogP contribution in [0.25, 0.3) is 0 Å². The maximum atomic E-state index is 12.2. The Bertz CT molecular complexity index is 777. The summed E-state index contributed by atoms with van der Waals surface area (Å²) in [5, 5.41) is 5.96. The molecule has 3 rings (SSSR count). The summed E-state index contributed by atoms with van der Waals surface area (Å²) in [5.74, 6) is 0.393. The normalized spacial score (nSPS) is 13.8. The van der Waals surface area contributed by atoms with Crippen molar-refractivity contribution in [3.05, 3.63) is 54.1 Å². The predicted molar refractivity (Wildman–Crippen MR) is 106 cm³/mol. The fraction of sp³-hybridized carbons (Fsp3) is 0.263. The van der Waals surface area contributed by atoms with Crippen LogP contribution < -0.4 is 20.3 Å². The van der Waals surface area contributed by atoms with Crippen LogP contribution in [0.15, 0.2) is 48.5 Å². The first-order valence-corrected chi connectivity index (χ1v) is 8.76. The van der Waals surface area contributed by atoms with E-state index in [2.05, 4.69) is 15.5 Å². The van der Waals surface area contributed by atoms with E-state index in [0.29, 0.717) is 30.2 Å². The van der Waals surface area contributed by atoms with Gasteiger partial charge in [-0.25, -0.2) is 0 Å². The molecule has 1 amide bonds. The molecule has 1 heterocycles. The molecule has 0 aromatic heterocycles. The van der Waals surface area contributed by atoms with Crippen LogP contribution in [0.3, 0.4) is 0 Å². The SMILES string of the molecule is COc1ccc(N2CCOCC2)cc1NC(=S)NC(=O)c1ccccc1. The minimum atomic E-state index is -0.258. The molecule has 0 radical (unpaired) electrons. The number of benzene rings is 2. The number of methoxy groups -OCH3 is 1. The number of carbonyl (C=O) groups is 1. The number of anilines is 2. The number of amides is 1. The second kappa shape index (κ2) is 8.64. The molecule has 0 saturated carbocycles. The molecule has 0 bridgehead atoms. The molecular formula is C19H21N3O3S. The Hall–Kier alpha value is -2.64. The van der Waals surface area contributed by atoms with Gasteiger partial charge < -0.3 is 19.7 Å². The third-order valence-corrected chi connectivity index (χ3v) is 4.27. The minimum absolute atomic E-state index is 0.219. The Morgan fingerprint density at radius 2 is 1.88 bits per heavy atom. The molecule has 0 atom stereocenters. The maximum Gasteiger partial charge on any atom is 0.257 e. The second-order valence-electron chi connectivity index (χ2n) is 5.76. The summed E-state index contributed by atoms with van der Waals surface area (Å²) in [6.07, 6.45) is 0. The van der Waals surface area contributed by atoms with Gasteiger partial charge in [0.2, 0.25) is 0 Å². The van der Waals surface area contributed by atoms with Crippen molar-refractivity contribution in [3.8, 4) is 5.75 Å². The van der Waals surface area contributed by atoms with Gasteiger partial charge in [0.1, 0.15) is 5.75 Å². The lowest BCUT2D eigenvalue weighted by Crippen LogP contribution is -2.36. The van der Waals surface area contributed by atoms with E-state index in [1.54, 1.807) is 31.4 Å². The number of thiocarbonyl (C=S) groups is 1. The molecule has 0 spiro atoms. The van der Waals surface area contributed by atoms with E-state index in [4.69, 9.17) is 21.7 Å². The second-order valence-corrected chi connectivity index (χ2v) is 6.17. The van der Waals surface area contributed by atoms with Gasteiger partial charge >= 0.3 is 0 Å². The highest BCUT2D eigenvalue weighted by molar-refractivity contribution is 7.80. The zero-order valence-corrected chi connectivity index (χ0v) is 15.3. The van der Waals surface area contributed by atoms with E-state index in [-0.39, 0.29) is 11.0 Å². The van der Waals surface area contributed by atoms with Crippen molar-refractivity contribution >= 4 is 34.6 Å². The lowest BCUT2D eigenvalue weighted by molar-refractivity contribution is 0.0977. The van der Waals surface area contributed by atoms with Crippen LogP contribution in [-0.2, 0) is 4.74 Å². The molecule has 1 aliphatic rings. The van der Waals surface area contributed by atoms with Crippen LogP contribution in [0.2, 0.25) is 0 Å². The quantitative estimate of drug-likeness (QED) is 0.806. The number of carbonyl (C=O) groups excluding carboxylic acids is 1. The number of nitrogens with one attached hydrogen (secondary N) is 2. The molecule has 1 fully saturated rings. The Labute approximate surface area is 158 Å². The van der Waals surface area contributed by atoms with E-state index in [1.165, 1.54) is 0 Å². The molecule has 2 aromatic rings. The summed E-state index contributed by atoms with van der Waals surface area (Å²) in [7, 11) is 1.60. The summed E-state index contributed by atoms with van der Waals surface area (Å²) in [6, 6.07) is 14.8. The first-order valence-electron chi connectivity index (χ1n) is 8.35. The van der Waals surface area contributed by atoms with Crippen molar-refractivity contribution < 1.29 is 14.3 Å². The number of rotatable bonds is 4. The third kappa shape index (κ3) is 4.50. The average Bonchev–Trinajstić information content (AvgIpc) is 2.69. The molecule has 136 valence electrons. The van der Waals surface area contributed by atoms with Gasteiger partial charge in [-0.2, -0.15) is 0 Å². The molecule has 2 N–H and O–H groups in total. The molecular weight excluding hydrogens is 350 g/mol. The zero-order valence-electron chi connectivity index (χ0n) is 14.5. The molecule has 0 aliphatic carbocycles. The largest absolute Gasteiger partial charge is 0.495 e. The highest BCUT2D eigenvalue weighted by Crippen LogP contribution is 2.30. The Kier molecular flexibility index (Phi) is 6.04. The third-order valence-electron chi connectivity index (χ3n) is 4.07. The van der Waals surface area contributed by atoms with E-state index in [0.717, 1.165) is 18.8 Å². The molecule has 0 unspecified atom stereocenters. The van der Waals surface area contributed by atoms with E-state index >= 15 is 0 Å². The zero-order chi connectivity index (χ0) is 18.4. The van der Waals surface area contributed by atoms with Gasteiger partial charge in [0.25, 0.3) is 5.91 Å². The van der Waals surface area contributed by atoms with E-state index < -0.39 is 0 Å². The van der Waals surface area contributed by atoms with Crippen LogP contribution >= 0.6 is 12.2 Å². The summed E-state index contributed by atoms with van der Waals surface area (Å²) in [5.41, 5.74) is 2.30. The van der Waals surface area contributed by atoms with Crippen molar-refractivity contribution in [2.45, 2.75) is 0 Å². The molecule has 6 nitrogen and oxygen atoms in total. The first-order chi connectivity index (χ1) is 12.7. The van der Waals surface area contributed by atoms with Crippen LogP contribution in [0.4, 0.5) is 11.4 Å². The lowest BCUT2D eigenvalue weighted by atomic mass is 10.2. The lowest BCUT2D eigenvalue weighted by Gasteiger charge is -2.29. The number of hydrogen-bond donors (Lipinski definition) is 2. The molecule has 26 heavy (non-hydrogen) atoms. The summed E-state index contributed by atoms with van der Waals surface area (Å²) in [6.45, 7) is 3.09. The number of ether oxygens (including phenoxy) is 2. The minimum Gasteiger partial charge on any atom is -0.495 e. The van der Waals surface area contributed by atoms with Gasteiger partial charge in [-0.3, -0.25) is 10.1 Å². The van der Waals surface area contributed by atoms with Crippen molar-refractivity contribution in [2.24, 2.45) is 0 Å². The van der Waals surface area contributed by atoms with Crippen molar-refractivity contribution in [2.75, 3.05) is 43.6 Å². The van der Waals surface area contributed by atoms with Crippen LogP contribution in [-0.4, -0.2) is 44.4 Å². The maximum absolute atomic E-state index is 12.2. The predicted octanol–water partition coefficient (Wildman–Crippen LogP) is 2.66. The van der Waals surface area contributed by atoms with Crippen molar-refractivity contribution in [1.29, 1.82) is 0 Å². The Morgan fingerprint density at radius 1 is 1.15 bits per heavy atom. The Balaban J connectivity index is 1.71. The van der Waals surface area contributed by atoms with Crippen LogP contribution in [0.1, 0.15) is 10.4 Å². The monoisotopic (exact) mass is 371 g/mol. The molecule has 7 heteroatoms. The van der Waals surface area contributed by atoms with Gasteiger partial charge in [0.15, 0.2) is 5.11 Å². The summed E-state index contributed by atoms with van der Waals surface area (Å²) >= 11 is 5.29.